The van der Waals surface area contributed by atoms with E-state index in [4.69, 9.17) is 4.74 Å². The van der Waals surface area contributed by atoms with Gasteiger partial charge in [0.2, 0.25) is 0 Å². The number of hydrogen-bond donors (Lipinski definition) is 3. The number of carbonyl (C=O) groups is 1. The summed E-state index contributed by atoms with van der Waals surface area (Å²) < 4.78 is 5.81. The summed E-state index contributed by atoms with van der Waals surface area (Å²) in [5.41, 5.74) is 3.39. The van der Waals surface area contributed by atoms with Gasteiger partial charge in [0.25, 0.3) is 0 Å². The molecule has 0 bridgehead atoms. The summed E-state index contributed by atoms with van der Waals surface area (Å²) in [5.74, 6) is 0.851. The highest BCUT2D eigenvalue weighted by Crippen LogP contribution is 2.28. The molecule has 1 aliphatic heterocycles. The normalized spacial score (nSPS) is 19.3. The highest BCUT2D eigenvalue weighted by Gasteiger charge is 2.38. The lowest BCUT2D eigenvalue weighted by Crippen LogP contribution is -2.62. The van der Waals surface area contributed by atoms with Crippen molar-refractivity contribution in [3.63, 3.8) is 0 Å². The van der Waals surface area contributed by atoms with Crippen LogP contribution in [0.1, 0.15) is 57.2 Å². The lowest BCUT2D eigenvalue weighted by Gasteiger charge is -2.46. The van der Waals surface area contributed by atoms with Crippen LogP contribution in [-0.2, 0) is 0 Å². The molecule has 0 saturated carbocycles. The third-order valence-corrected chi connectivity index (χ3v) is 4.85. The Kier molecular flexibility index (Phi) is 5.67. The van der Waals surface area contributed by atoms with E-state index in [0.29, 0.717) is 0 Å². The highest BCUT2D eigenvalue weighted by atomic mass is 16.5. The minimum atomic E-state index is -0.179. The van der Waals surface area contributed by atoms with Crippen molar-refractivity contribution >= 4 is 6.03 Å². The second kappa shape index (κ2) is 7.24. The Morgan fingerprint density at radius 2 is 1.68 bits per heavy atom. The molecule has 0 spiro atoms. The molecule has 1 saturated heterocycles. The minimum absolute atomic E-state index is 0.00594. The van der Waals surface area contributed by atoms with Crippen LogP contribution in [0.4, 0.5) is 4.79 Å². The second-order valence-electron chi connectivity index (χ2n) is 8.59. The third kappa shape index (κ3) is 5.36. The van der Waals surface area contributed by atoms with Gasteiger partial charge in [-0.05, 0) is 78.0 Å². The van der Waals surface area contributed by atoms with E-state index in [9.17, 15) is 4.79 Å². The molecule has 1 heterocycles. The van der Waals surface area contributed by atoms with E-state index in [0.717, 1.165) is 29.7 Å². The van der Waals surface area contributed by atoms with Gasteiger partial charge in [0.05, 0.1) is 0 Å². The smallest absolute Gasteiger partial charge is 0.317 e. The molecule has 1 aromatic rings. The van der Waals surface area contributed by atoms with E-state index < -0.39 is 0 Å². The molecule has 5 heteroatoms. The van der Waals surface area contributed by atoms with Gasteiger partial charge in [-0.1, -0.05) is 12.1 Å². The average Bonchev–Trinajstić information content (AvgIpc) is 2.43. The van der Waals surface area contributed by atoms with Crippen LogP contribution in [0.15, 0.2) is 12.1 Å². The first-order chi connectivity index (χ1) is 11.5. The molecular formula is C20H33N3O2. The van der Waals surface area contributed by atoms with Crippen LogP contribution in [0, 0.1) is 20.8 Å². The number of amides is 2. The predicted octanol–water partition coefficient (Wildman–Crippen LogP) is 3.56. The van der Waals surface area contributed by atoms with E-state index in [1.54, 1.807) is 0 Å². The third-order valence-electron chi connectivity index (χ3n) is 4.85. The van der Waals surface area contributed by atoms with Crippen molar-refractivity contribution in [2.45, 2.75) is 78.4 Å². The van der Waals surface area contributed by atoms with E-state index in [1.807, 2.05) is 19.9 Å². The first kappa shape index (κ1) is 19.6. The zero-order chi connectivity index (χ0) is 18.8. The van der Waals surface area contributed by atoms with Crippen molar-refractivity contribution in [2.24, 2.45) is 0 Å². The second-order valence-corrected chi connectivity index (χ2v) is 8.59. The van der Waals surface area contributed by atoms with Gasteiger partial charge in [-0.25, -0.2) is 4.79 Å². The molecule has 5 nitrogen and oxygen atoms in total. The van der Waals surface area contributed by atoms with E-state index in [1.165, 1.54) is 5.56 Å². The van der Waals surface area contributed by atoms with E-state index in [2.05, 4.69) is 56.6 Å². The zero-order valence-electron chi connectivity index (χ0n) is 16.7. The molecule has 0 radical (unpaired) electrons. The van der Waals surface area contributed by atoms with Crippen LogP contribution < -0.4 is 20.7 Å². The van der Waals surface area contributed by atoms with Gasteiger partial charge >= 0.3 is 6.03 Å². The number of aryl methyl sites for hydroxylation is 2. The lowest BCUT2D eigenvalue weighted by atomic mass is 9.80. The Labute approximate surface area is 151 Å². The predicted molar refractivity (Wildman–Crippen MR) is 102 cm³/mol. The highest BCUT2D eigenvalue weighted by molar-refractivity contribution is 5.74. The molecule has 3 N–H and O–H groups in total. The molecule has 0 aliphatic carbocycles. The van der Waals surface area contributed by atoms with Crippen molar-refractivity contribution in [3.05, 3.63) is 28.8 Å². The van der Waals surface area contributed by atoms with Gasteiger partial charge in [-0.15, -0.1) is 0 Å². The topological polar surface area (TPSA) is 62.4 Å². The van der Waals surface area contributed by atoms with Gasteiger partial charge in [-0.2, -0.15) is 0 Å². The van der Waals surface area contributed by atoms with Crippen LogP contribution in [-0.4, -0.2) is 29.9 Å². The maximum absolute atomic E-state index is 12.2. The SMILES string of the molecule is Cc1ccc(C)c(OCNC(=O)NC2CC(C)(C)NC(C)(C)C2)c1C. The number of carbonyl (C=O) groups excluding carboxylic acids is 1. The molecule has 1 aromatic carbocycles. The quantitative estimate of drug-likeness (QED) is 0.730. The van der Waals surface area contributed by atoms with Gasteiger partial charge in [-0.3, -0.25) is 0 Å². The van der Waals surface area contributed by atoms with Crippen LogP contribution in [0.25, 0.3) is 0 Å². The fourth-order valence-corrected chi connectivity index (χ4v) is 3.98. The fraction of sp³-hybridized carbons (Fsp3) is 0.650. The lowest BCUT2D eigenvalue weighted by molar-refractivity contribution is 0.146. The van der Waals surface area contributed by atoms with Crippen molar-refractivity contribution in [2.75, 3.05) is 6.73 Å². The largest absolute Gasteiger partial charge is 0.473 e. The molecule has 140 valence electrons. The van der Waals surface area contributed by atoms with Crippen molar-refractivity contribution in [3.8, 4) is 5.75 Å². The van der Waals surface area contributed by atoms with Crippen molar-refractivity contribution in [1.29, 1.82) is 0 Å². The summed E-state index contributed by atoms with van der Waals surface area (Å²) in [6.45, 7) is 15.0. The summed E-state index contributed by atoms with van der Waals surface area (Å²) in [6, 6.07) is 4.09. The molecule has 0 unspecified atom stereocenters. The molecule has 25 heavy (non-hydrogen) atoms. The van der Waals surface area contributed by atoms with Crippen LogP contribution in [0.3, 0.4) is 0 Å². The molecule has 0 aromatic heterocycles. The van der Waals surface area contributed by atoms with E-state index in [-0.39, 0.29) is 29.9 Å². The first-order valence-corrected chi connectivity index (χ1v) is 9.02. The summed E-state index contributed by atoms with van der Waals surface area (Å²) in [5, 5.41) is 9.52. The molecule has 1 fully saturated rings. The molecular weight excluding hydrogens is 314 g/mol. The number of benzene rings is 1. The van der Waals surface area contributed by atoms with Gasteiger partial charge in [0.1, 0.15) is 5.75 Å². The molecule has 2 amide bonds. The van der Waals surface area contributed by atoms with Gasteiger partial charge in [0, 0.05) is 17.1 Å². The summed E-state index contributed by atoms with van der Waals surface area (Å²) in [6.07, 6.45) is 1.81. The Morgan fingerprint density at radius 3 is 2.28 bits per heavy atom. The molecule has 0 atom stereocenters. The first-order valence-electron chi connectivity index (χ1n) is 9.02. The van der Waals surface area contributed by atoms with Gasteiger partial charge in [0.15, 0.2) is 6.73 Å². The van der Waals surface area contributed by atoms with Crippen molar-refractivity contribution < 1.29 is 9.53 Å². The average molecular weight is 348 g/mol. The summed E-state index contributed by atoms with van der Waals surface area (Å²) in [4.78, 5) is 12.2. The number of rotatable bonds is 4. The Hall–Kier alpha value is -1.75. The Morgan fingerprint density at radius 1 is 1.12 bits per heavy atom. The molecule has 1 aliphatic rings. The van der Waals surface area contributed by atoms with Crippen LogP contribution >= 0.6 is 0 Å². The fourth-order valence-electron chi connectivity index (χ4n) is 3.98. The standard InChI is InChI=1S/C20H33N3O2/c1-13-8-9-14(2)17(15(13)3)25-12-21-18(24)22-16-10-19(4,5)23-20(6,7)11-16/h8-9,16,23H,10-12H2,1-7H3,(H2,21,22,24). The summed E-state index contributed by atoms with van der Waals surface area (Å²) >= 11 is 0. The maximum Gasteiger partial charge on any atom is 0.317 e. The number of hydrogen-bond acceptors (Lipinski definition) is 3. The van der Waals surface area contributed by atoms with Crippen molar-refractivity contribution in [1.82, 2.24) is 16.0 Å². The van der Waals surface area contributed by atoms with Gasteiger partial charge < -0.3 is 20.7 Å². The maximum atomic E-state index is 12.2. The molecule has 2 rings (SSSR count). The summed E-state index contributed by atoms with van der Waals surface area (Å²) in [7, 11) is 0. The zero-order valence-corrected chi connectivity index (χ0v) is 16.7. The monoisotopic (exact) mass is 347 g/mol. The van der Waals surface area contributed by atoms with Crippen LogP contribution in [0.2, 0.25) is 0 Å². The van der Waals surface area contributed by atoms with E-state index >= 15 is 0 Å². The Bertz CT molecular complexity index is 622. The number of piperidine rings is 1. The Balaban J connectivity index is 1.86. The minimum Gasteiger partial charge on any atom is -0.473 e. The number of urea groups is 1. The number of ether oxygens (including phenoxy) is 1. The number of nitrogens with one attached hydrogen (secondary N) is 3. The van der Waals surface area contributed by atoms with Crippen LogP contribution in [0.5, 0.6) is 5.75 Å².